The van der Waals surface area contributed by atoms with Gasteiger partial charge in [0.15, 0.2) is 0 Å². The molecule has 1 atom stereocenters. The number of rotatable bonds is 3. The van der Waals surface area contributed by atoms with Gasteiger partial charge in [-0.05, 0) is 73.1 Å². The molecule has 2 heterocycles. The first-order valence-electron chi connectivity index (χ1n) is 8.96. The summed E-state index contributed by atoms with van der Waals surface area (Å²) in [5.74, 6) is 0.451. The maximum absolute atomic E-state index is 3.42. The molecule has 0 bridgehead atoms. The molecule has 3 heteroatoms. The van der Waals surface area contributed by atoms with Crippen molar-refractivity contribution in [2.24, 2.45) is 0 Å². The first-order valence-corrected chi connectivity index (χ1v) is 9.84. The van der Waals surface area contributed by atoms with Gasteiger partial charge in [-0.15, -0.1) is 11.3 Å². The second kappa shape index (κ2) is 6.24. The van der Waals surface area contributed by atoms with Crippen LogP contribution >= 0.6 is 11.3 Å². The van der Waals surface area contributed by atoms with E-state index in [1.165, 1.54) is 32.3 Å². The van der Waals surface area contributed by atoms with Crippen molar-refractivity contribution in [3.63, 3.8) is 0 Å². The zero-order valence-electron chi connectivity index (χ0n) is 15.5. The minimum absolute atomic E-state index is 0.00355. The van der Waals surface area contributed by atoms with E-state index < -0.39 is 0 Å². The highest BCUT2D eigenvalue weighted by atomic mass is 32.1. The fourth-order valence-electron chi connectivity index (χ4n) is 3.85. The van der Waals surface area contributed by atoms with E-state index in [-0.39, 0.29) is 5.54 Å². The number of hydrogen-bond acceptors (Lipinski definition) is 3. The van der Waals surface area contributed by atoms with Crippen molar-refractivity contribution in [2.45, 2.75) is 31.8 Å². The molecule has 4 rings (SSSR count). The molecular weight excluding hydrogens is 324 g/mol. The number of likely N-dealkylation sites (N-methyl/N-ethyl adjacent to an activating group) is 1. The quantitative estimate of drug-likeness (QED) is 0.720. The van der Waals surface area contributed by atoms with Crippen molar-refractivity contribution in [2.75, 3.05) is 20.6 Å². The Morgan fingerprint density at radius 3 is 2.76 bits per heavy atom. The molecule has 25 heavy (non-hydrogen) atoms. The van der Waals surface area contributed by atoms with Crippen LogP contribution in [0.4, 0.5) is 0 Å². The number of benzene rings is 2. The second-order valence-electron chi connectivity index (χ2n) is 7.76. The standard InChI is InChI=1S/C22H26N2S/c1-22(2,23-3)18-7-8-19-17(11-18)13-24(4)14-20(19)16-6-5-15-9-10-25-21(15)12-16/h5-12,20,23H,13-14H2,1-4H3. The van der Waals surface area contributed by atoms with Crippen molar-refractivity contribution >= 4 is 21.4 Å². The summed E-state index contributed by atoms with van der Waals surface area (Å²) >= 11 is 1.83. The van der Waals surface area contributed by atoms with E-state index in [1.807, 2.05) is 18.4 Å². The summed E-state index contributed by atoms with van der Waals surface area (Å²) in [7, 11) is 4.26. The lowest BCUT2D eigenvalue weighted by molar-refractivity contribution is 0.294. The third kappa shape index (κ3) is 3.01. The van der Waals surface area contributed by atoms with Crippen molar-refractivity contribution in [1.29, 1.82) is 0 Å². The molecule has 0 saturated carbocycles. The molecule has 0 spiro atoms. The summed E-state index contributed by atoms with van der Waals surface area (Å²) in [6.45, 7) is 6.59. The zero-order valence-corrected chi connectivity index (χ0v) is 16.3. The van der Waals surface area contributed by atoms with Crippen LogP contribution in [0.1, 0.15) is 42.0 Å². The minimum Gasteiger partial charge on any atom is -0.311 e. The van der Waals surface area contributed by atoms with Gasteiger partial charge >= 0.3 is 0 Å². The fourth-order valence-corrected chi connectivity index (χ4v) is 4.69. The monoisotopic (exact) mass is 350 g/mol. The van der Waals surface area contributed by atoms with Gasteiger partial charge in [-0.3, -0.25) is 0 Å². The Morgan fingerprint density at radius 2 is 1.96 bits per heavy atom. The Hall–Kier alpha value is -1.68. The normalized spacial score (nSPS) is 18.5. The third-order valence-electron chi connectivity index (χ3n) is 5.68. The fraction of sp³-hybridized carbons (Fsp3) is 0.364. The maximum atomic E-state index is 3.42. The van der Waals surface area contributed by atoms with Gasteiger partial charge < -0.3 is 10.2 Å². The van der Waals surface area contributed by atoms with Crippen molar-refractivity contribution in [3.8, 4) is 0 Å². The lowest BCUT2D eigenvalue weighted by atomic mass is 9.82. The van der Waals surface area contributed by atoms with E-state index in [9.17, 15) is 0 Å². The molecule has 1 N–H and O–H groups in total. The average Bonchev–Trinajstić information content (AvgIpc) is 3.08. The average molecular weight is 351 g/mol. The molecule has 3 aromatic rings. The molecule has 0 aliphatic carbocycles. The molecule has 1 unspecified atom stereocenters. The SMILES string of the molecule is CNC(C)(C)c1ccc2c(c1)CN(C)CC2c1ccc2ccsc2c1. The number of hydrogen-bond donors (Lipinski definition) is 1. The van der Waals surface area contributed by atoms with Gasteiger partial charge in [0, 0.05) is 29.2 Å². The molecule has 1 aliphatic heterocycles. The molecular formula is C22H26N2S. The highest BCUT2D eigenvalue weighted by Gasteiger charge is 2.27. The van der Waals surface area contributed by atoms with Crippen molar-refractivity contribution in [3.05, 3.63) is 70.1 Å². The number of thiophene rings is 1. The van der Waals surface area contributed by atoms with Crippen LogP contribution in [-0.4, -0.2) is 25.5 Å². The van der Waals surface area contributed by atoms with Crippen molar-refractivity contribution < 1.29 is 0 Å². The molecule has 0 amide bonds. The van der Waals surface area contributed by atoms with Gasteiger partial charge in [0.25, 0.3) is 0 Å². The minimum atomic E-state index is -0.00355. The van der Waals surface area contributed by atoms with Crippen molar-refractivity contribution in [1.82, 2.24) is 10.2 Å². The van der Waals surface area contributed by atoms with Gasteiger partial charge in [-0.2, -0.15) is 0 Å². The summed E-state index contributed by atoms with van der Waals surface area (Å²) < 4.78 is 1.39. The predicted octanol–water partition coefficient (Wildman–Crippen LogP) is 4.93. The lowest BCUT2D eigenvalue weighted by Crippen LogP contribution is -2.35. The molecule has 2 nitrogen and oxygen atoms in total. The molecule has 130 valence electrons. The van der Waals surface area contributed by atoms with Crippen LogP contribution in [0.15, 0.2) is 47.8 Å². The van der Waals surface area contributed by atoms with E-state index in [4.69, 9.17) is 0 Å². The zero-order chi connectivity index (χ0) is 17.6. The highest BCUT2D eigenvalue weighted by Crippen LogP contribution is 2.36. The summed E-state index contributed by atoms with van der Waals surface area (Å²) in [6, 6.07) is 16.2. The summed E-state index contributed by atoms with van der Waals surface area (Å²) in [6.07, 6.45) is 0. The second-order valence-corrected chi connectivity index (χ2v) is 8.70. The van der Waals surface area contributed by atoms with E-state index in [1.54, 1.807) is 0 Å². The topological polar surface area (TPSA) is 15.3 Å². The molecule has 0 saturated heterocycles. The first kappa shape index (κ1) is 16.8. The van der Waals surface area contributed by atoms with Crippen LogP contribution in [0.2, 0.25) is 0 Å². The Labute approximate surface area is 154 Å². The molecule has 2 aromatic carbocycles. The van der Waals surface area contributed by atoms with Gasteiger partial charge in [0.1, 0.15) is 0 Å². The molecule has 0 fully saturated rings. The Morgan fingerprint density at radius 1 is 1.12 bits per heavy atom. The van der Waals surface area contributed by atoms with Gasteiger partial charge in [0.05, 0.1) is 0 Å². The number of nitrogens with one attached hydrogen (secondary N) is 1. The Kier molecular flexibility index (Phi) is 4.19. The van der Waals surface area contributed by atoms with E-state index in [2.05, 4.69) is 79.0 Å². The van der Waals surface area contributed by atoms with Gasteiger partial charge in [0.2, 0.25) is 0 Å². The van der Waals surface area contributed by atoms with Crippen LogP contribution in [0.5, 0.6) is 0 Å². The molecule has 1 aliphatic rings. The molecule has 1 aromatic heterocycles. The molecule has 0 radical (unpaired) electrons. The number of fused-ring (bicyclic) bond motifs is 2. The Bertz CT molecular complexity index is 909. The van der Waals surface area contributed by atoms with E-state index >= 15 is 0 Å². The van der Waals surface area contributed by atoms with Crippen LogP contribution in [0.25, 0.3) is 10.1 Å². The first-order chi connectivity index (χ1) is 12.0. The van der Waals surface area contributed by atoms with Crippen LogP contribution in [0.3, 0.4) is 0 Å². The Balaban J connectivity index is 1.78. The van der Waals surface area contributed by atoms with Crippen LogP contribution in [0, 0.1) is 0 Å². The smallest absolute Gasteiger partial charge is 0.0375 e. The summed E-state index contributed by atoms with van der Waals surface area (Å²) in [5, 5.41) is 6.96. The van der Waals surface area contributed by atoms with E-state index in [0.29, 0.717) is 5.92 Å². The lowest BCUT2D eigenvalue weighted by Gasteiger charge is -2.34. The van der Waals surface area contributed by atoms with Gasteiger partial charge in [-0.1, -0.05) is 30.3 Å². The van der Waals surface area contributed by atoms with Gasteiger partial charge in [-0.25, -0.2) is 0 Å². The predicted molar refractivity (Wildman–Crippen MR) is 109 cm³/mol. The van der Waals surface area contributed by atoms with Crippen LogP contribution < -0.4 is 5.32 Å². The summed E-state index contributed by atoms with van der Waals surface area (Å²) in [5.41, 5.74) is 5.74. The van der Waals surface area contributed by atoms with Crippen LogP contribution in [-0.2, 0) is 12.1 Å². The largest absolute Gasteiger partial charge is 0.311 e. The van der Waals surface area contributed by atoms with E-state index in [0.717, 1.165) is 13.1 Å². The maximum Gasteiger partial charge on any atom is 0.0375 e. The number of nitrogens with zero attached hydrogens (tertiary/aromatic N) is 1. The third-order valence-corrected chi connectivity index (χ3v) is 6.56. The highest BCUT2D eigenvalue weighted by molar-refractivity contribution is 7.17. The summed E-state index contributed by atoms with van der Waals surface area (Å²) in [4.78, 5) is 2.45.